The minimum atomic E-state index is -3.47. The van der Waals surface area contributed by atoms with Crippen molar-refractivity contribution >= 4 is 32.7 Å². The van der Waals surface area contributed by atoms with Gasteiger partial charge in [0.05, 0.1) is 40.8 Å². The predicted molar refractivity (Wildman–Crippen MR) is 139 cm³/mol. The number of para-hydroxylation sites is 1. The first-order valence-electron chi connectivity index (χ1n) is 11.4. The normalized spacial score (nSPS) is 12.6. The zero-order valence-corrected chi connectivity index (χ0v) is 21.2. The summed E-state index contributed by atoms with van der Waals surface area (Å²) < 4.78 is 27.9. The number of carbonyl (C=O) groups excluding carboxylic acids is 1. The molecule has 2 N–H and O–H groups in total. The fourth-order valence-electron chi connectivity index (χ4n) is 3.98. The predicted octanol–water partition coefficient (Wildman–Crippen LogP) is 4.85. The van der Waals surface area contributed by atoms with Gasteiger partial charge in [-0.1, -0.05) is 48.0 Å². The number of fused-ring (bicyclic) bond motifs is 1. The van der Waals surface area contributed by atoms with Gasteiger partial charge >= 0.3 is 0 Å². The van der Waals surface area contributed by atoms with E-state index >= 15 is 0 Å². The number of benzene rings is 2. The second-order valence-electron chi connectivity index (χ2n) is 9.00. The number of nitrogens with zero attached hydrogens (tertiary/aromatic N) is 3. The molecule has 1 atom stereocenters. The van der Waals surface area contributed by atoms with Crippen molar-refractivity contribution in [1.29, 1.82) is 0 Å². The Morgan fingerprint density at radius 2 is 1.71 bits per heavy atom. The van der Waals surface area contributed by atoms with Gasteiger partial charge in [-0.25, -0.2) is 18.1 Å². The van der Waals surface area contributed by atoms with Crippen LogP contribution in [0.1, 0.15) is 54.3 Å². The van der Waals surface area contributed by atoms with Crippen LogP contribution < -0.4 is 10.0 Å². The molecule has 2 heterocycles. The summed E-state index contributed by atoms with van der Waals surface area (Å²) >= 11 is 0. The van der Waals surface area contributed by atoms with Crippen molar-refractivity contribution in [2.45, 2.75) is 39.8 Å². The van der Waals surface area contributed by atoms with Crippen LogP contribution in [0.15, 0.2) is 60.8 Å². The van der Waals surface area contributed by atoms with Gasteiger partial charge in [-0.3, -0.25) is 9.52 Å². The number of rotatable bonds is 7. The molecule has 1 amide bonds. The monoisotopic (exact) mass is 491 g/mol. The third-order valence-electron chi connectivity index (χ3n) is 5.72. The van der Waals surface area contributed by atoms with Gasteiger partial charge in [0.1, 0.15) is 0 Å². The van der Waals surface area contributed by atoms with Crippen LogP contribution in [0.25, 0.3) is 22.3 Å². The van der Waals surface area contributed by atoms with E-state index in [0.717, 1.165) is 17.4 Å². The number of hydrogen-bond donors (Lipinski definition) is 2. The molecule has 0 fully saturated rings. The quantitative estimate of drug-likeness (QED) is 0.384. The Labute approximate surface area is 205 Å². The van der Waals surface area contributed by atoms with Crippen molar-refractivity contribution in [3.8, 4) is 11.3 Å². The molecule has 2 aromatic carbocycles. The number of carbonyl (C=O) groups is 1. The molecular formula is C26H29N5O3S. The van der Waals surface area contributed by atoms with Crippen molar-refractivity contribution in [2.75, 3.05) is 11.0 Å². The maximum atomic E-state index is 13.5. The molecule has 0 saturated carbocycles. The van der Waals surface area contributed by atoms with E-state index in [1.165, 1.54) is 0 Å². The number of aryl methyl sites for hydroxylation is 1. The highest BCUT2D eigenvalue weighted by molar-refractivity contribution is 7.92. The van der Waals surface area contributed by atoms with Crippen LogP contribution in [0.4, 0.5) is 5.69 Å². The van der Waals surface area contributed by atoms with E-state index in [1.54, 1.807) is 41.2 Å². The molecule has 182 valence electrons. The highest BCUT2D eigenvalue weighted by Gasteiger charge is 2.21. The van der Waals surface area contributed by atoms with E-state index in [0.29, 0.717) is 33.5 Å². The molecule has 0 aliphatic carbocycles. The Bertz CT molecular complexity index is 1490. The summed E-state index contributed by atoms with van der Waals surface area (Å²) in [7, 11) is -3.47. The third-order valence-corrected chi connectivity index (χ3v) is 6.31. The molecule has 0 aliphatic heterocycles. The number of hydrogen-bond acceptors (Lipinski definition) is 5. The smallest absolute Gasteiger partial charge is 0.252 e. The second-order valence-corrected chi connectivity index (χ2v) is 10.7. The fourth-order valence-corrected chi connectivity index (χ4v) is 4.56. The maximum Gasteiger partial charge on any atom is 0.252 e. The van der Waals surface area contributed by atoms with E-state index in [-0.39, 0.29) is 11.9 Å². The van der Waals surface area contributed by atoms with Crippen LogP contribution in [0.2, 0.25) is 0 Å². The van der Waals surface area contributed by atoms with Gasteiger partial charge in [-0.05, 0) is 45.4 Å². The van der Waals surface area contributed by atoms with Crippen molar-refractivity contribution in [2.24, 2.45) is 0 Å². The van der Waals surface area contributed by atoms with E-state index in [1.807, 2.05) is 52.0 Å². The third kappa shape index (κ3) is 5.35. The van der Waals surface area contributed by atoms with Gasteiger partial charge in [0, 0.05) is 11.6 Å². The van der Waals surface area contributed by atoms with Crippen molar-refractivity contribution in [3.63, 3.8) is 0 Å². The van der Waals surface area contributed by atoms with Crippen molar-refractivity contribution < 1.29 is 13.2 Å². The van der Waals surface area contributed by atoms with E-state index in [4.69, 9.17) is 4.98 Å². The minimum Gasteiger partial charge on any atom is -0.345 e. The number of aromatic nitrogens is 3. The number of amides is 1. The van der Waals surface area contributed by atoms with Crippen LogP contribution in [0.5, 0.6) is 0 Å². The number of sulfonamides is 1. The van der Waals surface area contributed by atoms with Gasteiger partial charge < -0.3 is 5.32 Å². The zero-order valence-electron chi connectivity index (χ0n) is 20.4. The summed E-state index contributed by atoms with van der Waals surface area (Å²) in [6.45, 7) is 7.86. The van der Waals surface area contributed by atoms with Crippen molar-refractivity contribution in [3.05, 3.63) is 77.5 Å². The maximum absolute atomic E-state index is 13.5. The first-order valence-corrected chi connectivity index (χ1v) is 13.3. The van der Waals surface area contributed by atoms with Crippen LogP contribution in [-0.2, 0) is 10.0 Å². The van der Waals surface area contributed by atoms with Crippen LogP contribution >= 0.6 is 0 Å². The van der Waals surface area contributed by atoms with Gasteiger partial charge in [0.15, 0.2) is 5.65 Å². The van der Waals surface area contributed by atoms with E-state index < -0.39 is 16.1 Å². The lowest BCUT2D eigenvalue weighted by atomic mass is 10.0. The van der Waals surface area contributed by atoms with Crippen LogP contribution in [-0.4, -0.2) is 35.3 Å². The Kier molecular flexibility index (Phi) is 6.62. The summed E-state index contributed by atoms with van der Waals surface area (Å²) in [5.74, 6) is -0.296. The first kappa shape index (κ1) is 24.4. The SMILES string of the molecule is Cc1ccc(-c2cc(C(=O)NC(C)c3ccccc3NS(C)(=O)=O)c3cnn(C(C)C)c3n2)cc1. The number of nitrogens with one attached hydrogen (secondary N) is 2. The summed E-state index contributed by atoms with van der Waals surface area (Å²) in [5.41, 5.74) is 4.89. The molecule has 8 nitrogen and oxygen atoms in total. The molecule has 9 heteroatoms. The van der Waals surface area contributed by atoms with E-state index in [2.05, 4.69) is 15.1 Å². The second kappa shape index (κ2) is 9.50. The first-order chi connectivity index (χ1) is 16.5. The average Bonchev–Trinajstić information content (AvgIpc) is 3.22. The Morgan fingerprint density at radius 3 is 2.37 bits per heavy atom. The molecular weight excluding hydrogens is 462 g/mol. The summed E-state index contributed by atoms with van der Waals surface area (Å²) in [5, 5.41) is 8.15. The Hall–Kier alpha value is -3.72. The Morgan fingerprint density at radius 1 is 1.03 bits per heavy atom. The highest BCUT2D eigenvalue weighted by atomic mass is 32.2. The number of pyridine rings is 1. The summed E-state index contributed by atoms with van der Waals surface area (Å²) in [6.07, 6.45) is 2.76. The molecule has 0 radical (unpaired) electrons. The lowest BCUT2D eigenvalue weighted by Crippen LogP contribution is -2.28. The minimum absolute atomic E-state index is 0.0667. The molecule has 0 spiro atoms. The highest BCUT2D eigenvalue weighted by Crippen LogP contribution is 2.28. The Balaban J connectivity index is 1.75. The van der Waals surface area contributed by atoms with E-state index in [9.17, 15) is 13.2 Å². The van der Waals surface area contributed by atoms with Gasteiger partial charge in [0.2, 0.25) is 10.0 Å². The molecule has 0 bridgehead atoms. The topological polar surface area (TPSA) is 106 Å². The summed E-state index contributed by atoms with van der Waals surface area (Å²) in [6, 6.07) is 16.4. The molecule has 1 unspecified atom stereocenters. The standard InChI is InChI=1S/C26H29N5O3S/c1-16(2)31-25-22(15-27-31)21(14-24(29-25)19-12-10-17(3)11-13-19)26(32)28-18(4)20-8-6-7-9-23(20)30-35(5,33)34/h6-16,18,30H,1-5H3,(H,28,32). The van der Waals surface area contributed by atoms with Crippen LogP contribution in [0, 0.1) is 6.92 Å². The summed E-state index contributed by atoms with van der Waals surface area (Å²) in [4.78, 5) is 18.4. The number of anilines is 1. The largest absolute Gasteiger partial charge is 0.345 e. The molecule has 4 aromatic rings. The zero-order chi connectivity index (χ0) is 25.3. The fraction of sp³-hybridized carbons (Fsp3) is 0.269. The van der Waals surface area contributed by atoms with Gasteiger partial charge in [0.25, 0.3) is 5.91 Å². The van der Waals surface area contributed by atoms with Gasteiger partial charge in [-0.15, -0.1) is 0 Å². The molecule has 0 aliphatic rings. The lowest BCUT2D eigenvalue weighted by Gasteiger charge is -2.19. The van der Waals surface area contributed by atoms with Gasteiger partial charge in [-0.2, -0.15) is 5.10 Å². The molecule has 2 aromatic heterocycles. The average molecular weight is 492 g/mol. The molecule has 0 saturated heterocycles. The molecule has 4 rings (SSSR count). The van der Waals surface area contributed by atoms with Crippen LogP contribution in [0.3, 0.4) is 0 Å². The molecule has 35 heavy (non-hydrogen) atoms. The lowest BCUT2D eigenvalue weighted by molar-refractivity contribution is 0.0941. The van der Waals surface area contributed by atoms with Crippen molar-refractivity contribution in [1.82, 2.24) is 20.1 Å².